The maximum Gasteiger partial charge on any atom is 0.0155 e. The van der Waals surface area contributed by atoms with Crippen LogP contribution >= 0.6 is 0 Å². The van der Waals surface area contributed by atoms with Crippen molar-refractivity contribution in [1.29, 1.82) is 0 Å². The van der Waals surface area contributed by atoms with E-state index in [1.165, 1.54) is 44.9 Å². The molecule has 1 nitrogen and oxygen atoms in total. The van der Waals surface area contributed by atoms with Gasteiger partial charge in [0.2, 0.25) is 0 Å². The van der Waals surface area contributed by atoms with Gasteiger partial charge in [0.25, 0.3) is 0 Å². The molecule has 1 N–H and O–H groups in total. The van der Waals surface area contributed by atoms with E-state index in [4.69, 9.17) is 0 Å². The van der Waals surface area contributed by atoms with Crippen molar-refractivity contribution in [3.63, 3.8) is 0 Å². The Labute approximate surface area is 95.0 Å². The maximum atomic E-state index is 3.95. The minimum Gasteiger partial charge on any atom is -0.309 e. The molecular formula is C14H27N. The van der Waals surface area contributed by atoms with E-state index in [1.54, 1.807) is 0 Å². The van der Waals surface area contributed by atoms with Crippen molar-refractivity contribution in [2.45, 2.75) is 77.3 Å². The van der Waals surface area contributed by atoms with Gasteiger partial charge in [-0.05, 0) is 50.9 Å². The predicted molar refractivity (Wildman–Crippen MR) is 66.0 cm³/mol. The van der Waals surface area contributed by atoms with Gasteiger partial charge < -0.3 is 5.32 Å². The third-order valence-corrected chi connectivity index (χ3v) is 4.86. The summed E-state index contributed by atoms with van der Waals surface area (Å²) in [4.78, 5) is 0. The van der Waals surface area contributed by atoms with Gasteiger partial charge in [0.15, 0.2) is 0 Å². The molecule has 0 aliphatic heterocycles. The monoisotopic (exact) mass is 209 g/mol. The van der Waals surface area contributed by atoms with Crippen LogP contribution in [0.25, 0.3) is 0 Å². The second-order valence-corrected chi connectivity index (χ2v) is 6.38. The molecule has 3 atom stereocenters. The van der Waals surface area contributed by atoms with Gasteiger partial charge in [0.1, 0.15) is 0 Å². The summed E-state index contributed by atoms with van der Waals surface area (Å²) in [5.41, 5.74) is 0.477. The molecule has 88 valence electrons. The summed E-state index contributed by atoms with van der Waals surface area (Å²) >= 11 is 0. The molecule has 3 unspecified atom stereocenters. The Balaban J connectivity index is 1.84. The summed E-state index contributed by atoms with van der Waals surface area (Å²) in [6.45, 7) is 7.27. The number of hydrogen-bond acceptors (Lipinski definition) is 1. The van der Waals surface area contributed by atoms with E-state index in [0.29, 0.717) is 5.54 Å². The maximum absolute atomic E-state index is 3.95. The van der Waals surface area contributed by atoms with Crippen LogP contribution in [-0.4, -0.2) is 11.6 Å². The molecule has 2 aliphatic carbocycles. The van der Waals surface area contributed by atoms with Gasteiger partial charge >= 0.3 is 0 Å². The topological polar surface area (TPSA) is 12.0 Å². The quantitative estimate of drug-likeness (QED) is 0.730. The van der Waals surface area contributed by atoms with E-state index in [2.05, 4.69) is 26.1 Å². The van der Waals surface area contributed by atoms with Crippen LogP contribution in [0, 0.1) is 11.8 Å². The van der Waals surface area contributed by atoms with Crippen molar-refractivity contribution in [2.24, 2.45) is 11.8 Å². The van der Waals surface area contributed by atoms with Crippen molar-refractivity contribution in [1.82, 2.24) is 5.32 Å². The highest BCUT2D eigenvalue weighted by Gasteiger charge is 2.33. The molecule has 15 heavy (non-hydrogen) atoms. The first-order valence-corrected chi connectivity index (χ1v) is 6.87. The van der Waals surface area contributed by atoms with Gasteiger partial charge in [0.05, 0.1) is 0 Å². The van der Waals surface area contributed by atoms with Gasteiger partial charge in [-0.25, -0.2) is 0 Å². The van der Waals surface area contributed by atoms with Crippen molar-refractivity contribution < 1.29 is 0 Å². The largest absolute Gasteiger partial charge is 0.309 e. The van der Waals surface area contributed by atoms with Crippen LogP contribution in [0.2, 0.25) is 0 Å². The first-order chi connectivity index (χ1) is 7.09. The van der Waals surface area contributed by atoms with Crippen LogP contribution in [0.5, 0.6) is 0 Å². The fourth-order valence-corrected chi connectivity index (χ4v) is 3.47. The highest BCUT2D eigenvalue weighted by molar-refractivity contribution is 4.92. The zero-order chi connectivity index (χ0) is 10.9. The van der Waals surface area contributed by atoms with E-state index >= 15 is 0 Å². The SMILES string of the molecule is CC1CCC(NC2(C)CCCC2)CC1C. The average molecular weight is 209 g/mol. The van der Waals surface area contributed by atoms with Gasteiger partial charge in [-0.3, -0.25) is 0 Å². The molecule has 0 aromatic heterocycles. The van der Waals surface area contributed by atoms with Crippen LogP contribution in [0.3, 0.4) is 0 Å². The predicted octanol–water partition coefficient (Wildman–Crippen LogP) is 3.73. The van der Waals surface area contributed by atoms with Crippen LogP contribution < -0.4 is 5.32 Å². The third-order valence-electron chi connectivity index (χ3n) is 4.86. The fraction of sp³-hybridized carbons (Fsp3) is 1.00. The summed E-state index contributed by atoms with van der Waals surface area (Å²) in [5, 5.41) is 3.95. The Bertz CT molecular complexity index is 205. The van der Waals surface area contributed by atoms with E-state index < -0.39 is 0 Å². The summed E-state index contributed by atoms with van der Waals surface area (Å²) in [6, 6.07) is 0.805. The molecule has 0 aromatic rings. The standard InChI is InChI=1S/C14H27N/c1-11-6-7-13(10-12(11)2)15-14(3)8-4-5-9-14/h11-13,15H,4-10H2,1-3H3. The minimum atomic E-state index is 0.477. The number of rotatable bonds is 2. The smallest absolute Gasteiger partial charge is 0.0155 e. The van der Waals surface area contributed by atoms with Crippen molar-refractivity contribution >= 4 is 0 Å². The normalized spacial score (nSPS) is 40.6. The Hall–Kier alpha value is -0.0400. The van der Waals surface area contributed by atoms with Gasteiger partial charge in [-0.2, -0.15) is 0 Å². The highest BCUT2D eigenvalue weighted by Crippen LogP contribution is 2.34. The summed E-state index contributed by atoms with van der Waals surface area (Å²) in [6.07, 6.45) is 9.89. The van der Waals surface area contributed by atoms with Crippen molar-refractivity contribution in [2.75, 3.05) is 0 Å². The van der Waals surface area contributed by atoms with Crippen molar-refractivity contribution in [3.8, 4) is 0 Å². The fourth-order valence-electron chi connectivity index (χ4n) is 3.47. The third kappa shape index (κ3) is 2.75. The molecule has 2 fully saturated rings. The van der Waals surface area contributed by atoms with Crippen LogP contribution in [0.15, 0.2) is 0 Å². The van der Waals surface area contributed by atoms with E-state index in [-0.39, 0.29) is 0 Å². The number of nitrogens with one attached hydrogen (secondary N) is 1. The molecule has 0 bridgehead atoms. The van der Waals surface area contributed by atoms with Gasteiger partial charge in [-0.15, -0.1) is 0 Å². The molecular weight excluding hydrogens is 182 g/mol. The van der Waals surface area contributed by atoms with Crippen LogP contribution in [0.1, 0.15) is 65.7 Å². The first kappa shape index (κ1) is 11.4. The van der Waals surface area contributed by atoms with Crippen molar-refractivity contribution in [3.05, 3.63) is 0 Å². The summed E-state index contributed by atoms with van der Waals surface area (Å²) in [5.74, 6) is 1.86. The van der Waals surface area contributed by atoms with Crippen LogP contribution in [0.4, 0.5) is 0 Å². The Morgan fingerprint density at radius 1 is 1.00 bits per heavy atom. The Morgan fingerprint density at radius 3 is 2.27 bits per heavy atom. The lowest BCUT2D eigenvalue weighted by Crippen LogP contribution is -2.48. The molecule has 0 saturated heterocycles. The highest BCUT2D eigenvalue weighted by atomic mass is 15.0. The molecule has 2 rings (SSSR count). The zero-order valence-electron chi connectivity index (χ0n) is 10.7. The second-order valence-electron chi connectivity index (χ2n) is 6.38. The van der Waals surface area contributed by atoms with E-state index in [1.807, 2.05) is 0 Å². The molecule has 2 saturated carbocycles. The van der Waals surface area contributed by atoms with E-state index in [0.717, 1.165) is 17.9 Å². The second kappa shape index (κ2) is 4.45. The molecule has 2 aliphatic rings. The lowest BCUT2D eigenvalue weighted by molar-refractivity contribution is 0.190. The molecule has 0 amide bonds. The minimum absolute atomic E-state index is 0.477. The summed E-state index contributed by atoms with van der Waals surface area (Å²) < 4.78 is 0. The summed E-state index contributed by atoms with van der Waals surface area (Å²) in [7, 11) is 0. The average Bonchev–Trinajstić information content (AvgIpc) is 2.59. The molecule has 0 spiro atoms. The van der Waals surface area contributed by atoms with Gasteiger partial charge in [-0.1, -0.05) is 26.7 Å². The first-order valence-electron chi connectivity index (χ1n) is 6.87. The molecule has 0 aromatic carbocycles. The molecule has 0 heterocycles. The molecule has 1 heteroatoms. The van der Waals surface area contributed by atoms with Crippen LogP contribution in [-0.2, 0) is 0 Å². The Morgan fingerprint density at radius 2 is 1.67 bits per heavy atom. The lowest BCUT2D eigenvalue weighted by Gasteiger charge is -2.38. The number of hydrogen-bond donors (Lipinski definition) is 1. The molecule has 0 radical (unpaired) electrons. The zero-order valence-corrected chi connectivity index (χ0v) is 10.7. The van der Waals surface area contributed by atoms with E-state index in [9.17, 15) is 0 Å². The lowest BCUT2D eigenvalue weighted by atomic mass is 9.78. The van der Waals surface area contributed by atoms with Gasteiger partial charge in [0, 0.05) is 11.6 Å². The Kier molecular flexibility index (Phi) is 3.39.